The van der Waals surface area contributed by atoms with Gasteiger partial charge in [0.05, 0.1) is 11.0 Å². The summed E-state index contributed by atoms with van der Waals surface area (Å²) in [5, 5.41) is 0. The largest absolute Gasteiger partial charge is 0.336 e. The zero-order valence-corrected chi connectivity index (χ0v) is 16.6. The van der Waals surface area contributed by atoms with Crippen LogP contribution in [0.25, 0.3) is 11.0 Å². The molecular weight excluding hydrogens is 340 g/mol. The minimum absolute atomic E-state index is 0.0415. The number of hydrogen-bond donors (Lipinski definition) is 0. The number of amides is 1. The van der Waals surface area contributed by atoms with Crippen molar-refractivity contribution in [2.24, 2.45) is 7.05 Å². The maximum Gasteiger partial charge on any atom is 0.329 e. The van der Waals surface area contributed by atoms with E-state index in [0.717, 1.165) is 37.0 Å². The van der Waals surface area contributed by atoms with Crippen LogP contribution in [0.2, 0.25) is 0 Å². The van der Waals surface area contributed by atoms with E-state index in [1.54, 1.807) is 16.2 Å². The molecule has 2 fully saturated rings. The summed E-state index contributed by atoms with van der Waals surface area (Å²) in [6, 6.07) is 7.92. The summed E-state index contributed by atoms with van der Waals surface area (Å²) in [4.78, 5) is 30.4. The summed E-state index contributed by atoms with van der Waals surface area (Å²) < 4.78 is 3.25. The Bertz CT molecular complexity index is 915. The minimum Gasteiger partial charge on any atom is -0.336 e. The summed E-state index contributed by atoms with van der Waals surface area (Å²) >= 11 is 0. The van der Waals surface area contributed by atoms with Crippen molar-refractivity contribution in [3.63, 3.8) is 0 Å². The van der Waals surface area contributed by atoms with Gasteiger partial charge in [-0.1, -0.05) is 25.0 Å². The molecular formula is C21H30N4O2. The normalized spacial score (nSPS) is 26.8. The standard InChI is InChI=1S/C21H30N4O2/c1-21-12-14-24(18(21)11-5-4-8-13-22(21)2)19(26)15-25-17-10-7-6-9-16(17)23(3)20(25)27/h6-7,9-10,18H,4-5,8,11-15H2,1-3H3/t18-,21-/m0/s1. The van der Waals surface area contributed by atoms with E-state index in [0.29, 0.717) is 0 Å². The molecule has 2 saturated heterocycles. The fraction of sp³-hybridized carbons (Fsp3) is 0.619. The first kappa shape index (κ1) is 18.3. The van der Waals surface area contributed by atoms with Crippen molar-refractivity contribution in [2.75, 3.05) is 20.1 Å². The van der Waals surface area contributed by atoms with Crippen molar-refractivity contribution in [3.8, 4) is 0 Å². The first-order chi connectivity index (χ1) is 12.9. The Balaban J connectivity index is 1.62. The van der Waals surface area contributed by atoms with Gasteiger partial charge >= 0.3 is 5.69 Å². The molecule has 0 radical (unpaired) electrons. The number of fused-ring (bicyclic) bond motifs is 2. The topological polar surface area (TPSA) is 50.5 Å². The van der Waals surface area contributed by atoms with Crippen LogP contribution >= 0.6 is 0 Å². The van der Waals surface area contributed by atoms with Crippen LogP contribution in [0, 0.1) is 0 Å². The average molecular weight is 370 g/mol. The molecule has 3 heterocycles. The van der Waals surface area contributed by atoms with Gasteiger partial charge in [-0.25, -0.2) is 4.79 Å². The Labute approximate surface area is 160 Å². The predicted octanol–water partition coefficient (Wildman–Crippen LogP) is 2.21. The molecule has 4 rings (SSSR count). The molecule has 0 spiro atoms. The number of para-hydroxylation sites is 2. The summed E-state index contributed by atoms with van der Waals surface area (Å²) in [5.41, 5.74) is 1.61. The van der Waals surface area contributed by atoms with Crippen LogP contribution in [0.1, 0.15) is 39.0 Å². The first-order valence-electron chi connectivity index (χ1n) is 10.1. The van der Waals surface area contributed by atoms with Crippen LogP contribution in [0.3, 0.4) is 0 Å². The van der Waals surface area contributed by atoms with Crippen molar-refractivity contribution in [1.82, 2.24) is 18.9 Å². The third-order valence-corrected chi connectivity index (χ3v) is 6.96. The first-order valence-corrected chi connectivity index (χ1v) is 10.1. The molecule has 6 heteroatoms. The van der Waals surface area contributed by atoms with Gasteiger partial charge in [-0.15, -0.1) is 0 Å². The molecule has 2 aliphatic rings. The van der Waals surface area contributed by atoms with Crippen LogP contribution in [-0.2, 0) is 18.4 Å². The molecule has 2 aliphatic heterocycles. The average Bonchev–Trinajstić information content (AvgIpc) is 3.11. The van der Waals surface area contributed by atoms with Gasteiger partial charge in [0.2, 0.25) is 5.91 Å². The molecule has 1 aromatic carbocycles. The highest BCUT2D eigenvalue weighted by Gasteiger charge is 2.48. The quantitative estimate of drug-likeness (QED) is 0.814. The van der Waals surface area contributed by atoms with E-state index < -0.39 is 0 Å². The highest BCUT2D eigenvalue weighted by Crippen LogP contribution is 2.38. The number of imidazole rings is 1. The Morgan fingerprint density at radius 3 is 2.63 bits per heavy atom. The maximum absolute atomic E-state index is 13.3. The Morgan fingerprint density at radius 2 is 1.85 bits per heavy atom. The van der Waals surface area contributed by atoms with Crippen LogP contribution < -0.4 is 5.69 Å². The van der Waals surface area contributed by atoms with Crippen LogP contribution in [-0.4, -0.2) is 56.6 Å². The van der Waals surface area contributed by atoms with Gasteiger partial charge in [0, 0.05) is 25.2 Å². The highest BCUT2D eigenvalue weighted by atomic mass is 16.2. The number of likely N-dealkylation sites (tertiary alicyclic amines) is 2. The summed E-state index contributed by atoms with van der Waals surface area (Å²) in [7, 11) is 3.96. The van der Waals surface area contributed by atoms with Crippen molar-refractivity contribution < 1.29 is 4.79 Å². The fourth-order valence-corrected chi connectivity index (χ4v) is 5.08. The summed E-state index contributed by atoms with van der Waals surface area (Å²) in [6.07, 6.45) is 5.69. The third-order valence-electron chi connectivity index (χ3n) is 6.96. The molecule has 1 aromatic heterocycles. The van der Waals surface area contributed by atoms with Gasteiger partial charge in [-0.05, 0) is 51.9 Å². The predicted molar refractivity (Wildman–Crippen MR) is 107 cm³/mol. The Kier molecular flexibility index (Phi) is 4.62. The van der Waals surface area contributed by atoms with E-state index in [9.17, 15) is 9.59 Å². The number of rotatable bonds is 2. The van der Waals surface area contributed by atoms with Crippen molar-refractivity contribution >= 4 is 16.9 Å². The van der Waals surface area contributed by atoms with Crippen molar-refractivity contribution in [1.29, 1.82) is 0 Å². The third kappa shape index (κ3) is 2.90. The van der Waals surface area contributed by atoms with Gasteiger partial charge in [-0.2, -0.15) is 0 Å². The smallest absolute Gasteiger partial charge is 0.329 e. The summed E-state index contributed by atoms with van der Waals surface area (Å²) in [5.74, 6) is 0.0659. The van der Waals surface area contributed by atoms with Crippen LogP contribution in [0.15, 0.2) is 29.1 Å². The van der Waals surface area contributed by atoms with E-state index in [1.165, 1.54) is 19.3 Å². The van der Waals surface area contributed by atoms with E-state index in [-0.39, 0.29) is 29.7 Å². The second-order valence-electron chi connectivity index (χ2n) is 8.40. The number of aryl methyl sites for hydroxylation is 1. The lowest BCUT2D eigenvalue weighted by Crippen LogP contribution is -2.55. The SMILES string of the molecule is CN1CCCCC[C@@H]2N(C(=O)Cn3c(=O)n(C)c4ccccc43)CC[C@@]21C. The molecule has 2 atom stereocenters. The molecule has 2 aromatic rings. The van der Waals surface area contributed by atoms with E-state index in [1.807, 2.05) is 24.3 Å². The Morgan fingerprint density at radius 1 is 1.11 bits per heavy atom. The lowest BCUT2D eigenvalue weighted by atomic mass is 9.85. The van der Waals surface area contributed by atoms with E-state index in [2.05, 4.69) is 23.8 Å². The fourth-order valence-electron chi connectivity index (χ4n) is 5.08. The minimum atomic E-state index is -0.124. The van der Waals surface area contributed by atoms with Gasteiger partial charge in [0.1, 0.15) is 6.54 Å². The number of carbonyl (C=O) groups is 1. The zero-order chi connectivity index (χ0) is 19.2. The molecule has 27 heavy (non-hydrogen) atoms. The van der Waals surface area contributed by atoms with Gasteiger partial charge in [0.25, 0.3) is 0 Å². The number of carbonyl (C=O) groups excluding carboxylic acids is 1. The van der Waals surface area contributed by atoms with Crippen LogP contribution in [0.5, 0.6) is 0 Å². The lowest BCUT2D eigenvalue weighted by molar-refractivity contribution is -0.134. The lowest BCUT2D eigenvalue weighted by Gasteiger charge is -2.43. The van der Waals surface area contributed by atoms with Gasteiger partial charge in [-0.3, -0.25) is 18.8 Å². The second-order valence-corrected chi connectivity index (χ2v) is 8.40. The molecule has 0 saturated carbocycles. The molecule has 0 unspecified atom stereocenters. The van der Waals surface area contributed by atoms with E-state index >= 15 is 0 Å². The maximum atomic E-state index is 13.3. The number of aromatic nitrogens is 2. The molecule has 0 N–H and O–H groups in total. The molecule has 1 amide bonds. The zero-order valence-electron chi connectivity index (χ0n) is 16.6. The van der Waals surface area contributed by atoms with Crippen molar-refractivity contribution in [2.45, 2.75) is 57.2 Å². The highest BCUT2D eigenvalue weighted by molar-refractivity contribution is 5.81. The Hall–Kier alpha value is -2.08. The van der Waals surface area contributed by atoms with Gasteiger partial charge < -0.3 is 4.90 Å². The molecule has 0 bridgehead atoms. The number of nitrogens with zero attached hydrogens (tertiary/aromatic N) is 4. The summed E-state index contributed by atoms with van der Waals surface area (Å²) in [6.45, 7) is 4.30. The van der Waals surface area contributed by atoms with E-state index in [4.69, 9.17) is 0 Å². The monoisotopic (exact) mass is 370 g/mol. The second kappa shape index (κ2) is 6.82. The molecule has 6 nitrogen and oxygen atoms in total. The van der Waals surface area contributed by atoms with Gasteiger partial charge in [0.15, 0.2) is 0 Å². The van der Waals surface area contributed by atoms with Crippen LogP contribution in [0.4, 0.5) is 0 Å². The molecule has 0 aliphatic carbocycles. The van der Waals surface area contributed by atoms with Crippen molar-refractivity contribution in [3.05, 3.63) is 34.7 Å². The number of benzene rings is 1. The molecule has 146 valence electrons. The number of hydrogen-bond acceptors (Lipinski definition) is 3. The number of likely N-dealkylation sites (N-methyl/N-ethyl adjacent to an activating group) is 1.